The smallest absolute Gasteiger partial charge is 0.491 e. The van der Waals surface area contributed by atoms with Crippen LogP contribution in [0.25, 0.3) is 0 Å². The molecule has 2 aromatic rings. The lowest BCUT2D eigenvalue weighted by atomic mass is 9.74. The molecule has 0 unspecified atom stereocenters. The second-order valence-electron chi connectivity index (χ2n) is 7.97. The maximum absolute atomic E-state index is 14.3. The molecule has 2 aliphatic rings. The van der Waals surface area contributed by atoms with Crippen LogP contribution in [-0.4, -0.2) is 41.9 Å². The number of amides is 1. The van der Waals surface area contributed by atoms with Gasteiger partial charge in [-0.25, -0.2) is 8.78 Å². The number of hydrogen-bond acceptors (Lipinski definition) is 5. The molecule has 1 spiro atoms. The van der Waals surface area contributed by atoms with Crippen molar-refractivity contribution >= 4 is 24.2 Å². The molecular formula is C21H21BF3NO5. The van der Waals surface area contributed by atoms with E-state index in [0.29, 0.717) is 12.0 Å². The summed E-state index contributed by atoms with van der Waals surface area (Å²) in [6.45, 7) is 0. The monoisotopic (exact) mass is 435 g/mol. The number of benzene rings is 2. The van der Waals surface area contributed by atoms with Crippen LogP contribution in [0.2, 0.25) is 0 Å². The second-order valence-corrected chi connectivity index (χ2v) is 7.97. The molecule has 1 saturated carbocycles. The fourth-order valence-electron chi connectivity index (χ4n) is 4.39. The van der Waals surface area contributed by atoms with Crippen LogP contribution >= 0.6 is 0 Å². The molecule has 2 fully saturated rings. The number of rotatable bonds is 5. The van der Waals surface area contributed by atoms with Crippen LogP contribution in [-0.2, 0) is 9.53 Å². The summed E-state index contributed by atoms with van der Waals surface area (Å²) in [5.41, 5.74) is -0.434. The normalized spacial score (nSPS) is 21.6. The fraction of sp³-hybridized carbons (Fsp3) is 0.381. The highest BCUT2D eigenvalue weighted by Gasteiger charge is 2.53. The highest BCUT2D eigenvalue weighted by Crippen LogP contribution is 2.53. The molecule has 0 radical (unpaired) electrons. The first-order valence-electron chi connectivity index (χ1n) is 9.91. The van der Waals surface area contributed by atoms with Crippen molar-refractivity contribution in [2.24, 2.45) is 0 Å². The summed E-state index contributed by atoms with van der Waals surface area (Å²) in [6.07, 6.45) is 1.85. The summed E-state index contributed by atoms with van der Waals surface area (Å²) in [5.74, 6) is -4.44. The molecule has 0 aromatic heterocycles. The molecule has 1 saturated heterocycles. The van der Waals surface area contributed by atoms with Gasteiger partial charge in [0.25, 0.3) is 5.91 Å². The van der Waals surface area contributed by atoms with Crippen LogP contribution in [0.15, 0.2) is 30.3 Å². The Labute approximate surface area is 177 Å². The van der Waals surface area contributed by atoms with Crippen molar-refractivity contribution in [3.63, 3.8) is 0 Å². The maximum Gasteiger partial charge on any atom is 0.491 e. The zero-order valence-corrected chi connectivity index (χ0v) is 16.7. The number of halogens is 3. The Bertz CT molecular complexity index is 1010. The first kappa shape index (κ1) is 21.7. The maximum atomic E-state index is 14.3. The van der Waals surface area contributed by atoms with E-state index in [9.17, 15) is 28.0 Å². The molecular weight excluding hydrogens is 414 g/mol. The highest BCUT2D eigenvalue weighted by molar-refractivity contribution is 6.58. The van der Waals surface area contributed by atoms with Crippen molar-refractivity contribution in [1.82, 2.24) is 0 Å². The lowest BCUT2D eigenvalue weighted by Crippen LogP contribution is -2.39. The van der Waals surface area contributed by atoms with Gasteiger partial charge in [-0.15, -0.1) is 0 Å². The molecule has 6 nitrogen and oxygen atoms in total. The van der Waals surface area contributed by atoms with Crippen LogP contribution in [0.5, 0.6) is 5.75 Å². The Morgan fingerprint density at radius 2 is 1.90 bits per heavy atom. The van der Waals surface area contributed by atoms with Crippen molar-refractivity contribution in [2.45, 2.75) is 43.3 Å². The van der Waals surface area contributed by atoms with Gasteiger partial charge in [0.1, 0.15) is 11.9 Å². The zero-order chi connectivity index (χ0) is 22.3. The van der Waals surface area contributed by atoms with Crippen LogP contribution in [0.1, 0.15) is 37.2 Å². The zero-order valence-electron chi connectivity index (χ0n) is 16.7. The van der Waals surface area contributed by atoms with Crippen molar-refractivity contribution in [2.75, 3.05) is 12.4 Å². The minimum Gasteiger partial charge on any atom is -0.493 e. The van der Waals surface area contributed by atoms with E-state index in [1.807, 2.05) is 0 Å². The molecule has 164 valence electrons. The number of ether oxygens (including phenoxy) is 2. The van der Waals surface area contributed by atoms with Crippen LogP contribution in [0.4, 0.5) is 18.9 Å². The lowest BCUT2D eigenvalue weighted by molar-refractivity contribution is -0.139. The lowest BCUT2D eigenvalue weighted by Gasteiger charge is -2.37. The minimum absolute atomic E-state index is 0.142. The highest BCUT2D eigenvalue weighted by atomic mass is 19.2. The summed E-state index contributed by atoms with van der Waals surface area (Å²) in [6, 6.07) is 5.77. The first-order chi connectivity index (χ1) is 14.7. The third kappa shape index (κ3) is 3.91. The van der Waals surface area contributed by atoms with Gasteiger partial charge in [0, 0.05) is 22.6 Å². The summed E-state index contributed by atoms with van der Waals surface area (Å²) in [4.78, 5) is 13.1. The van der Waals surface area contributed by atoms with E-state index < -0.39 is 48.1 Å². The van der Waals surface area contributed by atoms with E-state index in [1.54, 1.807) is 0 Å². The Morgan fingerprint density at radius 1 is 1.19 bits per heavy atom. The van der Waals surface area contributed by atoms with Crippen molar-refractivity contribution in [3.05, 3.63) is 53.3 Å². The molecule has 10 heteroatoms. The SMILES string of the molecule is COc1c([C@@H]2CC3(CCC3)O[C@H]2C(=O)Nc2ccc(F)c(B(O)O)c2)ccc(F)c1F. The molecule has 2 aromatic carbocycles. The van der Waals surface area contributed by atoms with Gasteiger partial charge in [0.15, 0.2) is 11.6 Å². The summed E-state index contributed by atoms with van der Waals surface area (Å²) in [5, 5.41) is 21.1. The van der Waals surface area contributed by atoms with Crippen LogP contribution in [0.3, 0.4) is 0 Å². The van der Waals surface area contributed by atoms with Gasteiger partial charge < -0.3 is 24.8 Å². The van der Waals surface area contributed by atoms with Gasteiger partial charge in [-0.05, 0) is 49.9 Å². The quantitative estimate of drug-likeness (QED) is 0.628. The van der Waals surface area contributed by atoms with E-state index in [-0.39, 0.29) is 16.9 Å². The summed E-state index contributed by atoms with van der Waals surface area (Å²) in [7, 11) is -0.817. The van der Waals surface area contributed by atoms with Gasteiger partial charge in [0.2, 0.25) is 5.82 Å². The first-order valence-corrected chi connectivity index (χ1v) is 9.91. The fourth-order valence-corrected chi connectivity index (χ4v) is 4.39. The molecule has 1 amide bonds. The third-order valence-electron chi connectivity index (χ3n) is 6.08. The number of methoxy groups -OCH3 is 1. The molecule has 2 atom stereocenters. The molecule has 1 aliphatic heterocycles. The van der Waals surface area contributed by atoms with Gasteiger partial charge in [0.05, 0.1) is 12.7 Å². The average molecular weight is 435 g/mol. The van der Waals surface area contributed by atoms with Crippen molar-refractivity contribution in [1.29, 1.82) is 0 Å². The van der Waals surface area contributed by atoms with Crippen molar-refractivity contribution in [3.8, 4) is 5.75 Å². The molecule has 1 aliphatic carbocycles. The molecule has 31 heavy (non-hydrogen) atoms. The Morgan fingerprint density at radius 3 is 2.52 bits per heavy atom. The number of nitrogens with one attached hydrogen (secondary N) is 1. The largest absolute Gasteiger partial charge is 0.493 e. The Hall–Kier alpha value is -2.56. The van der Waals surface area contributed by atoms with Crippen LogP contribution in [0, 0.1) is 17.5 Å². The molecule has 1 heterocycles. The standard InChI is InChI=1S/C21H21BF3NO5/c1-30-18-12(4-6-16(24)17(18)25)13-10-21(7-2-8-21)31-19(13)20(27)26-11-3-5-15(23)14(9-11)22(28)29/h3-6,9,13,19,28-29H,2,7-8,10H2,1H3,(H,26,27)/t13-,19+/m0/s1. The second kappa shape index (κ2) is 8.18. The van der Waals surface area contributed by atoms with Crippen LogP contribution < -0.4 is 15.5 Å². The predicted molar refractivity (Wildman–Crippen MR) is 107 cm³/mol. The number of anilines is 1. The van der Waals surface area contributed by atoms with Gasteiger partial charge in [-0.2, -0.15) is 4.39 Å². The Kier molecular flexibility index (Phi) is 5.72. The van der Waals surface area contributed by atoms with E-state index in [4.69, 9.17) is 9.47 Å². The Balaban J connectivity index is 1.65. The molecule has 3 N–H and O–H groups in total. The molecule has 0 bridgehead atoms. The minimum atomic E-state index is -2.04. The average Bonchev–Trinajstić information content (AvgIpc) is 3.13. The number of hydrogen-bond donors (Lipinski definition) is 3. The van der Waals surface area contributed by atoms with Gasteiger partial charge in [-0.3, -0.25) is 4.79 Å². The summed E-state index contributed by atoms with van der Waals surface area (Å²) < 4.78 is 52.9. The van der Waals surface area contributed by atoms with E-state index in [2.05, 4.69) is 5.32 Å². The predicted octanol–water partition coefficient (Wildman–Crippen LogP) is 2.23. The van der Waals surface area contributed by atoms with E-state index >= 15 is 0 Å². The topological polar surface area (TPSA) is 88.0 Å². The third-order valence-corrected chi connectivity index (χ3v) is 6.08. The van der Waals surface area contributed by atoms with Crippen molar-refractivity contribution < 1.29 is 37.5 Å². The number of carbonyl (C=O) groups is 1. The van der Waals surface area contributed by atoms with E-state index in [0.717, 1.165) is 37.5 Å². The van der Waals surface area contributed by atoms with E-state index in [1.165, 1.54) is 19.2 Å². The van der Waals surface area contributed by atoms with Gasteiger partial charge >= 0.3 is 7.12 Å². The number of carbonyl (C=O) groups excluding carboxylic acids is 1. The summed E-state index contributed by atoms with van der Waals surface area (Å²) >= 11 is 0. The van der Waals surface area contributed by atoms with Gasteiger partial charge in [-0.1, -0.05) is 6.07 Å². The molecule has 4 rings (SSSR count).